The Bertz CT molecular complexity index is 333. The van der Waals surface area contributed by atoms with Crippen LogP contribution in [0.25, 0.3) is 0 Å². The van der Waals surface area contributed by atoms with Gasteiger partial charge in [-0.1, -0.05) is 6.92 Å². The monoisotopic (exact) mass is 238 g/mol. The molecular formula is C14H23FN2. The first-order valence-electron chi connectivity index (χ1n) is 6.16. The van der Waals surface area contributed by atoms with Crippen LogP contribution >= 0.6 is 0 Å². The Morgan fingerprint density at radius 3 is 2.35 bits per heavy atom. The van der Waals surface area contributed by atoms with Crippen LogP contribution in [0.3, 0.4) is 0 Å². The Morgan fingerprint density at radius 2 is 1.82 bits per heavy atom. The first-order valence-corrected chi connectivity index (χ1v) is 6.16. The fourth-order valence-electron chi connectivity index (χ4n) is 1.51. The number of hydrogen-bond acceptors (Lipinski definition) is 2. The molecule has 0 aliphatic rings. The normalized spacial score (nSPS) is 11.6. The van der Waals surface area contributed by atoms with Crippen LogP contribution in [0.2, 0.25) is 0 Å². The van der Waals surface area contributed by atoms with Gasteiger partial charge in [0.2, 0.25) is 0 Å². The van der Waals surface area contributed by atoms with Crippen molar-refractivity contribution in [1.29, 1.82) is 0 Å². The third-order valence-corrected chi connectivity index (χ3v) is 3.20. The highest BCUT2D eigenvalue weighted by atomic mass is 19.1. The zero-order valence-corrected chi connectivity index (χ0v) is 11.3. The smallest absolute Gasteiger partial charge is 0.123 e. The van der Waals surface area contributed by atoms with Crippen molar-refractivity contribution in [2.24, 2.45) is 0 Å². The lowest BCUT2D eigenvalue weighted by Gasteiger charge is -2.27. The highest BCUT2D eigenvalue weighted by Crippen LogP contribution is 2.12. The Kier molecular flexibility index (Phi) is 4.94. The number of likely N-dealkylation sites (N-methyl/N-ethyl adjacent to an activating group) is 1. The molecule has 3 heteroatoms. The van der Waals surface area contributed by atoms with E-state index in [-0.39, 0.29) is 11.4 Å². The summed E-state index contributed by atoms with van der Waals surface area (Å²) in [6.07, 6.45) is 1.10. The highest BCUT2D eigenvalue weighted by molar-refractivity contribution is 5.45. The molecule has 1 aromatic rings. The Morgan fingerprint density at radius 1 is 1.24 bits per heavy atom. The number of benzene rings is 1. The van der Waals surface area contributed by atoms with Crippen LogP contribution in [0.5, 0.6) is 0 Å². The van der Waals surface area contributed by atoms with Crippen molar-refractivity contribution < 1.29 is 4.39 Å². The summed E-state index contributed by atoms with van der Waals surface area (Å²) in [5.41, 5.74) is 1.23. The van der Waals surface area contributed by atoms with Gasteiger partial charge in [0.25, 0.3) is 0 Å². The van der Waals surface area contributed by atoms with E-state index in [9.17, 15) is 4.39 Å². The minimum atomic E-state index is -0.188. The maximum absolute atomic E-state index is 12.8. The van der Waals surface area contributed by atoms with Crippen molar-refractivity contribution in [2.45, 2.75) is 32.7 Å². The van der Waals surface area contributed by atoms with Gasteiger partial charge in [-0.3, -0.25) is 0 Å². The third kappa shape index (κ3) is 4.73. The van der Waals surface area contributed by atoms with E-state index in [0.29, 0.717) is 0 Å². The van der Waals surface area contributed by atoms with E-state index in [1.165, 1.54) is 12.1 Å². The van der Waals surface area contributed by atoms with E-state index < -0.39 is 0 Å². The van der Waals surface area contributed by atoms with Crippen molar-refractivity contribution >= 4 is 5.69 Å². The van der Waals surface area contributed by atoms with Gasteiger partial charge in [0.05, 0.1) is 0 Å². The molecule has 0 aliphatic heterocycles. The van der Waals surface area contributed by atoms with E-state index in [1.54, 1.807) is 12.1 Å². The van der Waals surface area contributed by atoms with Crippen LogP contribution in [0.4, 0.5) is 10.1 Å². The van der Waals surface area contributed by atoms with Crippen LogP contribution in [-0.2, 0) is 0 Å². The summed E-state index contributed by atoms with van der Waals surface area (Å²) in [5.74, 6) is -0.188. The minimum absolute atomic E-state index is 0.184. The molecule has 0 saturated carbocycles. The molecule has 0 aliphatic carbocycles. The summed E-state index contributed by atoms with van der Waals surface area (Å²) in [6.45, 7) is 8.41. The van der Waals surface area contributed by atoms with Gasteiger partial charge in [-0.15, -0.1) is 0 Å². The summed E-state index contributed by atoms with van der Waals surface area (Å²) in [5, 5.41) is 3.50. The van der Waals surface area contributed by atoms with Crippen LogP contribution in [0.1, 0.15) is 27.2 Å². The summed E-state index contributed by atoms with van der Waals surface area (Å²) in [4.78, 5) is 2.12. The fraction of sp³-hybridized carbons (Fsp3) is 0.571. The molecule has 0 spiro atoms. The van der Waals surface area contributed by atoms with Crippen LogP contribution in [0.15, 0.2) is 24.3 Å². The molecule has 0 atom stereocenters. The molecule has 0 unspecified atom stereocenters. The molecule has 1 N–H and O–H groups in total. The average Bonchev–Trinajstić information content (AvgIpc) is 2.29. The average molecular weight is 238 g/mol. The lowest BCUT2D eigenvalue weighted by Crippen LogP contribution is -2.42. The molecular weight excluding hydrogens is 215 g/mol. The molecule has 0 heterocycles. The largest absolute Gasteiger partial charge is 0.373 e. The van der Waals surface area contributed by atoms with E-state index >= 15 is 0 Å². The van der Waals surface area contributed by atoms with Crippen molar-refractivity contribution in [2.75, 3.05) is 25.0 Å². The van der Waals surface area contributed by atoms with Gasteiger partial charge in [0.15, 0.2) is 0 Å². The third-order valence-electron chi connectivity index (χ3n) is 3.20. The van der Waals surface area contributed by atoms with Gasteiger partial charge >= 0.3 is 0 Å². The van der Waals surface area contributed by atoms with E-state index in [4.69, 9.17) is 0 Å². The molecule has 0 aromatic heterocycles. The Hall–Kier alpha value is -1.09. The number of nitrogens with one attached hydrogen (secondary N) is 1. The maximum atomic E-state index is 12.8. The minimum Gasteiger partial charge on any atom is -0.373 e. The van der Waals surface area contributed by atoms with Crippen molar-refractivity contribution in [1.82, 2.24) is 5.32 Å². The molecule has 0 saturated heterocycles. The molecule has 0 radical (unpaired) electrons. The van der Waals surface area contributed by atoms with Crippen molar-refractivity contribution in [3.63, 3.8) is 0 Å². The predicted octanol–water partition coefficient (Wildman–Crippen LogP) is 3.04. The van der Waals surface area contributed by atoms with Crippen LogP contribution in [-0.4, -0.2) is 25.7 Å². The van der Waals surface area contributed by atoms with Gasteiger partial charge in [0.1, 0.15) is 5.82 Å². The van der Waals surface area contributed by atoms with E-state index in [2.05, 4.69) is 31.0 Å². The zero-order valence-electron chi connectivity index (χ0n) is 11.3. The molecule has 96 valence electrons. The number of nitrogens with zero attached hydrogens (tertiary/aromatic N) is 1. The zero-order chi connectivity index (χ0) is 12.9. The van der Waals surface area contributed by atoms with Gasteiger partial charge < -0.3 is 10.2 Å². The summed E-state index contributed by atoms with van der Waals surface area (Å²) in [6, 6.07) is 6.60. The molecule has 1 aromatic carbocycles. The predicted molar refractivity (Wildman–Crippen MR) is 72.0 cm³/mol. The van der Waals surface area contributed by atoms with E-state index in [1.807, 2.05) is 7.05 Å². The van der Waals surface area contributed by atoms with Gasteiger partial charge in [0, 0.05) is 31.4 Å². The number of hydrogen-bond donors (Lipinski definition) is 1. The number of rotatable bonds is 6. The molecule has 1 rings (SSSR count). The molecule has 17 heavy (non-hydrogen) atoms. The first-order chi connectivity index (χ1) is 7.94. The highest BCUT2D eigenvalue weighted by Gasteiger charge is 2.13. The second kappa shape index (κ2) is 6.01. The van der Waals surface area contributed by atoms with Crippen molar-refractivity contribution in [3.05, 3.63) is 30.1 Å². The molecule has 0 amide bonds. The number of halogens is 1. The molecule has 2 nitrogen and oxygen atoms in total. The lowest BCUT2D eigenvalue weighted by molar-refractivity contribution is 0.381. The molecule has 0 fully saturated rings. The van der Waals surface area contributed by atoms with Gasteiger partial charge in [-0.2, -0.15) is 0 Å². The van der Waals surface area contributed by atoms with Gasteiger partial charge in [-0.25, -0.2) is 4.39 Å². The Balaban J connectivity index is 2.40. The maximum Gasteiger partial charge on any atom is 0.123 e. The summed E-state index contributed by atoms with van der Waals surface area (Å²) < 4.78 is 12.8. The fourth-order valence-corrected chi connectivity index (χ4v) is 1.51. The van der Waals surface area contributed by atoms with Crippen LogP contribution in [0, 0.1) is 5.82 Å². The SMILES string of the molecule is CCC(C)(C)NCCN(C)c1ccc(F)cc1. The van der Waals surface area contributed by atoms with Crippen LogP contribution < -0.4 is 10.2 Å². The van der Waals surface area contributed by atoms with E-state index in [0.717, 1.165) is 25.2 Å². The number of anilines is 1. The standard InChI is InChI=1S/C14H23FN2/c1-5-14(2,3)16-10-11-17(4)13-8-6-12(15)7-9-13/h6-9,16H,5,10-11H2,1-4H3. The van der Waals surface area contributed by atoms with Gasteiger partial charge in [-0.05, 0) is 44.5 Å². The second-order valence-corrected chi connectivity index (χ2v) is 5.06. The Labute approximate surface area is 104 Å². The quantitative estimate of drug-likeness (QED) is 0.819. The molecule has 0 bridgehead atoms. The van der Waals surface area contributed by atoms with Crippen molar-refractivity contribution in [3.8, 4) is 0 Å². The summed E-state index contributed by atoms with van der Waals surface area (Å²) >= 11 is 0. The topological polar surface area (TPSA) is 15.3 Å². The lowest BCUT2D eigenvalue weighted by atomic mass is 10.0. The second-order valence-electron chi connectivity index (χ2n) is 5.06. The first kappa shape index (κ1) is 14.0. The summed E-state index contributed by atoms with van der Waals surface area (Å²) in [7, 11) is 2.02.